The van der Waals surface area contributed by atoms with Gasteiger partial charge in [-0.3, -0.25) is 23.2 Å². The number of carbonyl (C=O) groups is 2. The van der Waals surface area contributed by atoms with Crippen LogP contribution in [0.25, 0.3) is 0 Å². The van der Waals surface area contributed by atoms with E-state index in [1.807, 2.05) is 45.9 Å². The first kappa shape index (κ1) is 33.9. The summed E-state index contributed by atoms with van der Waals surface area (Å²) < 4.78 is 31.3. The van der Waals surface area contributed by atoms with E-state index in [9.17, 15) is 14.2 Å². The molecule has 3 aromatic carbocycles. The summed E-state index contributed by atoms with van der Waals surface area (Å²) in [6, 6.07) is 17.9. The van der Waals surface area contributed by atoms with Crippen molar-refractivity contribution in [2.45, 2.75) is 72.3 Å². The summed E-state index contributed by atoms with van der Waals surface area (Å²) in [5, 5.41) is 3.41. The zero-order valence-corrected chi connectivity index (χ0v) is 27.6. The lowest BCUT2D eigenvalue weighted by atomic mass is 10.0. The fraction of sp³-hybridized carbons (Fsp3) is 0.412. The number of amides is 2. The maximum atomic E-state index is 14.0. The van der Waals surface area contributed by atoms with Gasteiger partial charge in [-0.2, -0.15) is 0 Å². The number of carbonyl (C=O) groups excluding carboxylic acids is 2. The van der Waals surface area contributed by atoms with E-state index in [1.165, 1.54) is 0 Å². The summed E-state index contributed by atoms with van der Waals surface area (Å²) in [6.07, 6.45) is 3.67. The van der Waals surface area contributed by atoms with E-state index in [2.05, 4.69) is 5.32 Å². The molecule has 1 N–H and O–H groups in total. The van der Waals surface area contributed by atoms with E-state index in [-0.39, 0.29) is 25.0 Å². The predicted octanol–water partition coefficient (Wildman–Crippen LogP) is 9.45. The molecule has 0 saturated carbocycles. The average Bonchev–Trinajstić information content (AvgIpc) is 3.16. The third-order valence-corrected chi connectivity index (χ3v) is 9.32. The Morgan fingerprint density at radius 1 is 0.932 bits per heavy atom. The molecule has 10 heteroatoms. The molecular weight excluding hydrogens is 599 g/mol. The van der Waals surface area contributed by atoms with Crippen LogP contribution in [-0.2, 0) is 18.1 Å². The van der Waals surface area contributed by atoms with Crippen LogP contribution in [0, 0.1) is 13.8 Å². The highest BCUT2D eigenvalue weighted by Crippen LogP contribution is 2.55. The lowest BCUT2D eigenvalue weighted by Gasteiger charge is -2.27. The molecule has 3 aromatic rings. The molecule has 0 aromatic heterocycles. The molecular formula is C34H42ClN2O6P. The number of unbranched alkanes of at least 4 members (excludes halogenated alkanes) is 2. The van der Waals surface area contributed by atoms with Crippen molar-refractivity contribution in [1.82, 2.24) is 0 Å². The van der Waals surface area contributed by atoms with Crippen molar-refractivity contribution in [2.24, 2.45) is 0 Å². The Kier molecular flexibility index (Phi) is 12.2. The van der Waals surface area contributed by atoms with Crippen LogP contribution in [0.3, 0.4) is 0 Å². The second-order valence-electron chi connectivity index (χ2n) is 11.0. The number of fused-ring (bicyclic) bond motifs is 1. The van der Waals surface area contributed by atoms with E-state index in [0.29, 0.717) is 52.5 Å². The second-order valence-corrected chi connectivity index (χ2v) is 13.1. The molecule has 0 fully saturated rings. The SMILES string of the molecule is CCCCOP(=O)(OCCCC)OC1CCCN(C(=O)c2ccc(NC(=O)c3ccccc3C)cc2C)c2ccc(Cl)cc21. The van der Waals surface area contributed by atoms with Crippen molar-refractivity contribution >= 4 is 42.6 Å². The molecule has 44 heavy (non-hydrogen) atoms. The first-order chi connectivity index (χ1) is 21.2. The minimum Gasteiger partial charge on any atom is -0.322 e. The highest BCUT2D eigenvalue weighted by Gasteiger charge is 2.36. The third-order valence-electron chi connectivity index (χ3n) is 7.58. The van der Waals surface area contributed by atoms with E-state index in [1.54, 1.807) is 47.4 Å². The van der Waals surface area contributed by atoms with Gasteiger partial charge >= 0.3 is 7.82 Å². The first-order valence-electron chi connectivity index (χ1n) is 15.3. The number of hydrogen-bond acceptors (Lipinski definition) is 6. The minimum atomic E-state index is -3.87. The number of anilines is 2. The van der Waals surface area contributed by atoms with Gasteiger partial charge in [0, 0.05) is 39.6 Å². The summed E-state index contributed by atoms with van der Waals surface area (Å²) in [6.45, 7) is 8.75. The fourth-order valence-electron chi connectivity index (χ4n) is 5.11. The van der Waals surface area contributed by atoms with Crippen LogP contribution in [0.15, 0.2) is 60.7 Å². The molecule has 1 aliphatic heterocycles. The number of nitrogens with one attached hydrogen (secondary N) is 1. The Balaban J connectivity index is 1.58. The summed E-state index contributed by atoms with van der Waals surface area (Å²) in [7, 11) is -3.87. The van der Waals surface area contributed by atoms with Crippen LogP contribution in [0.1, 0.15) is 95.9 Å². The Hall–Kier alpha value is -3.00. The lowest BCUT2D eigenvalue weighted by molar-refractivity contribution is 0.0728. The molecule has 1 unspecified atom stereocenters. The molecule has 4 rings (SSSR count). The number of nitrogens with zero attached hydrogens (tertiary/aromatic N) is 1. The molecule has 2 amide bonds. The normalized spacial score (nSPS) is 15.0. The molecule has 1 aliphatic rings. The molecule has 0 bridgehead atoms. The third kappa shape index (κ3) is 8.58. The highest BCUT2D eigenvalue weighted by molar-refractivity contribution is 7.48. The van der Waals surface area contributed by atoms with Crippen molar-refractivity contribution in [3.63, 3.8) is 0 Å². The van der Waals surface area contributed by atoms with Crippen molar-refractivity contribution in [2.75, 3.05) is 30.0 Å². The largest absolute Gasteiger partial charge is 0.475 e. The maximum absolute atomic E-state index is 14.0. The Bertz CT molecular complexity index is 1500. The lowest BCUT2D eigenvalue weighted by Crippen LogP contribution is -2.32. The number of phosphoric ester groups is 1. The van der Waals surface area contributed by atoms with Crippen LogP contribution in [0.2, 0.25) is 5.02 Å². The summed E-state index contributed by atoms with van der Waals surface area (Å²) in [5.74, 6) is -0.398. The van der Waals surface area contributed by atoms with Gasteiger partial charge in [-0.05, 0) is 93.1 Å². The zero-order chi connectivity index (χ0) is 31.7. The Labute approximate surface area is 265 Å². The summed E-state index contributed by atoms with van der Waals surface area (Å²) in [5.41, 5.74) is 4.60. The minimum absolute atomic E-state index is 0.190. The molecule has 0 aliphatic carbocycles. The molecule has 0 saturated heterocycles. The standard InChI is InChI=1S/C34H42ClN2O6P/c1-5-7-20-41-44(40,42-21-8-6-2)43-32-14-11-19-37(31-18-15-26(35)23-30(31)32)34(39)29-17-16-27(22-25(29)4)36-33(38)28-13-10-9-12-24(28)3/h9-10,12-13,15-18,22-23,32H,5-8,11,14,19-21H2,1-4H3,(H,36,38). The van der Waals surface area contributed by atoms with Crippen molar-refractivity contribution in [1.29, 1.82) is 0 Å². The van der Waals surface area contributed by atoms with Gasteiger partial charge < -0.3 is 10.2 Å². The number of halogens is 1. The van der Waals surface area contributed by atoms with Gasteiger partial charge in [0.15, 0.2) is 0 Å². The maximum Gasteiger partial charge on any atom is 0.475 e. The number of hydrogen-bond donors (Lipinski definition) is 1. The number of rotatable bonds is 13. The van der Waals surface area contributed by atoms with E-state index in [0.717, 1.165) is 36.8 Å². The van der Waals surface area contributed by atoms with E-state index in [4.69, 9.17) is 25.2 Å². The zero-order valence-electron chi connectivity index (χ0n) is 25.9. The van der Waals surface area contributed by atoms with Gasteiger partial charge in [0.2, 0.25) is 0 Å². The van der Waals surface area contributed by atoms with Gasteiger partial charge in [-0.1, -0.05) is 56.5 Å². The van der Waals surface area contributed by atoms with Gasteiger partial charge in [0.05, 0.1) is 19.3 Å². The Morgan fingerprint density at radius 2 is 1.64 bits per heavy atom. The van der Waals surface area contributed by atoms with Crippen molar-refractivity contribution < 1.29 is 27.7 Å². The monoisotopic (exact) mass is 640 g/mol. The van der Waals surface area contributed by atoms with Crippen LogP contribution < -0.4 is 10.2 Å². The van der Waals surface area contributed by atoms with Gasteiger partial charge in [0.25, 0.3) is 11.8 Å². The predicted molar refractivity (Wildman–Crippen MR) is 176 cm³/mol. The highest BCUT2D eigenvalue weighted by atomic mass is 35.5. The van der Waals surface area contributed by atoms with Gasteiger partial charge in [-0.15, -0.1) is 0 Å². The summed E-state index contributed by atoms with van der Waals surface area (Å²) in [4.78, 5) is 28.6. The van der Waals surface area contributed by atoms with Crippen LogP contribution in [0.5, 0.6) is 0 Å². The fourth-order valence-corrected chi connectivity index (χ4v) is 6.72. The second kappa shape index (κ2) is 15.8. The smallest absolute Gasteiger partial charge is 0.322 e. The number of benzene rings is 3. The molecule has 0 radical (unpaired) electrons. The van der Waals surface area contributed by atoms with Gasteiger partial charge in [0.1, 0.15) is 0 Å². The average molecular weight is 641 g/mol. The molecule has 8 nitrogen and oxygen atoms in total. The van der Waals surface area contributed by atoms with Gasteiger partial charge in [-0.25, -0.2) is 4.57 Å². The molecule has 0 spiro atoms. The van der Waals surface area contributed by atoms with Crippen molar-refractivity contribution in [3.8, 4) is 0 Å². The topological polar surface area (TPSA) is 94.2 Å². The van der Waals surface area contributed by atoms with Crippen LogP contribution in [-0.4, -0.2) is 31.6 Å². The van der Waals surface area contributed by atoms with E-state index >= 15 is 0 Å². The first-order valence-corrected chi connectivity index (χ1v) is 17.2. The van der Waals surface area contributed by atoms with Crippen molar-refractivity contribution in [3.05, 3.63) is 93.5 Å². The summed E-state index contributed by atoms with van der Waals surface area (Å²) >= 11 is 6.43. The number of aryl methyl sites for hydroxylation is 2. The molecule has 1 atom stereocenters. The Morgan fingerprint density at radius 3 is 2.30 bits per heavy atom. The molecule has 236 valence electrons. The molecule has 1 heterocycles. The quantitative estimate of drug-likeness (QED) is 0.148. The van der Waals surface area contributed by atoms with Crippen LogP contribution >= 0.6 is 19.4 Å². The van der Waals surface area contributed by atoms with E-state index < -0.39 is 13.9 Å². The number of phosphoric acid groups is 1. The van der Waals surface area contributed by atoms with Crippen LogP contribution in [0.4, 0.5) is 11.4 Å².